The van der Waals surface area contributed by atoms with Gasteiger partial charge in [-0.3, -0.25) is 4.79 Å². The van der Waals surface area contributed by atoms with Crippen LogP contribution in [0.3, 0.4) is 0 Å². The molecule has 3 amide bonds. The number of urea groups is 1. The molecular formula is C13H25ClN4O2. The number of primary amides is 1. The van der Waals surface area contributed by atoms with Crippen molar-refractivity contribution in [1.29, 1.82) is 0 Å². The number of hydrogen-bond donors (Lipinski definition) is 3. The van der Waals surface area contributed by atoms with Crippen molar-refractivity contribution in [2.45, 2.75) is 50.6 Å². The molecule has 0 radical (unpaired) electrons. The third-order valence-electron chi connectivity index (χ3n) is 4.04. The number of nitrogens with two attached hydrogens (primary N) is 1. The standard InChI is InChI=1S/C13H24N4O2.ClH/c14-13(19)16-9-11-5-1-2-7-17(11)12(18)8-10-4-3-6-15-10;/h10-11,15H,1-9H2,(H3,14,16,19);1H. The van der Waals surface area contributed by atoms with Crippen molar-refractivity contribution in [2.24, 2.45) is 5.73 Å². The fourth-order valence-electron chi connectivity index (χ4n) is 3.02. The molecule has 0 aromatic carbocycles. The van der Waals surface area contributed by atoms with E-state index in [0.717, 1.165) is 45.2 Å². The molecule has 116 valence electrons. The molecule has 0 saturated carbocycles. The number of nitrogens with zero attached hydrogens (tertiary/aromatic N) is 1. The van der Waals surface area contributed by atoms with Crippen molar-refractivity contribution in [2.75, 3.05) is 19.6 Å². The topological polar surface area (TPSA) is 87.5 Å². The van der Waals surface area contributed by atoms with Crippen LogP contribution < -0.4 is 16.4 Å². The maximum Gasteiger partial charge on any atom is 0.312 e. The van der Waals surface area contributed by atoms with Gasteiger partial charge in [-0.15, -0.1) is 12.4 Å². The first kappa shape index (κ1) is 17.0. The number of carbonyl (C=O) groups is 2. The van der Waals surface area contributed by atoms with Gasteiger partial charge in [-0.05, 0) is 38.6 Å². The normalized spacial score (nSPS) is 25.9. The molecule has 2 fully saturated rings. The number of nitrogens with one attached hydrogen (secondary N) is 2. The molecule has 2 rings (SSSR count). The highest BCUT2D eigenvalue weighted by Gasteiger charge is 2.28. The van der Waals surface area contributed by atoms with Crippen LogP contribution in [0.1, 0.15) is 38.5 Å². The van der Waals surface area contributed by atoms with E-state index in [0.29, 0.717) is 19.0 Å². The second-order valence-electron chi connectivity index (χ2n) is 5.48. The Morgan fingerprint density at radius 2 is 2.05 bits per heavy atom. The van der Waals surface area contributed by atoms with Crippen LogP contribution in [0.25, 0.3) is 0 Å². The molecule has 2 unspecified atom stereocenters. The molecule has 0 aromatic heterocycles. The van der Waals surface area contributed by atoms with Gasteiger partial charge in [-0.1, -0.05) is 0 Å². The van der Waals surface area contributed by atoms with E-state index >= 15 is 0 Å². The second-order valence-corrected chi connectivity index (χ2v) is 5.48. The average molecular weight is 305 g/mol. The number of rotatable bonds is 4. The van der Waals surface area contributed by atoms with Crippen molar-refractivity contribution in [3.05, 3.63) is 0 Å². The zero-order chi connectivity index (χ0) is 13.7. The molecule has 0 aliphatic carbocycles. The summed E-state index contributed by atoms with van der Waals surface area (Å²) in [5.74, 6) is 0.204. The first-order chi connectivity index (χ1) is 9.16. The summed E-state index contributed by atoms with van der Waals surface area (Å²) in [6.45, 7) is 2.29. The van der Waals surface area contributed by atoms with Gasteiger partial charge >= 0.3 is 6.03 Å². The molecule has 2 saturated heterocycles. The van der Waals surface area contributed by atoms with E-state index in [9.17, 15) is 9.59 Å². The van der Waals surface area contributed by atoms with Crippen LogP contribution in [0.4, 0.5) is 4.79 Å². The molecule has 20 heavy (non-hydrogen) atoms. The molecule has 7 heteroatoms. The van der Waals surface area contributed by atoms with Gasteiger partial charge in [0.05, 0.1) is 0 Å². The number of halogens is 1. The molecule has 2 heterocycles. The van der Waals surface area contributed by atoms with Crippen molar-refractivity contribution in [3.8, 4) is 0 Å². The summed E-state index contributed by atoms with van der Waals surface area (Å²) < 4.78 is 0. The summed E-state index contributed by atoms with van der Waals surface area (Å²) in [5.41, 5.74) is 5.10. The minimum atomic E-state index is -0.518. The summed E-state index contributed by atoms with van der Waals surface area (Å²) in [4.78, 5) is 25.1. The zero-order valence-electron chi connectivity index (χ0n) is 11.8. The van der Waals surface area contributed by atoms with Crippen LogP contribution in [0.15, 0.2) is 0 Å². The molecule has 6 nitrogen and oxygen atoms in total. The highest BCUT2D eigenvalue weighted by Crippen LogP contribution is 2.19. The van der Waals surface area contributed by atoms with E-state index in [2.05, 4.69) is 10.6 Å². The zero-order valence-corrected chi connectivity index (χ0v) is 12.6. The maximum absolute atomic E-state index is 12.4. The highest BCUT2D eigenvalue weighted by atomic mass is 35.5. The molecule has 0 spiro atoms. The largest absolute Gasteiger partial charge is 0.352 e. The van der Waals surface area contributed by atoms with Gasteiger partial charge in [0.2, 0.25) is 5.91 Å². The molecular weight excluding hydrogens is 280 g/mol. The smallest absolute Gasteiger partial charge is 0.312 e. The summed E-state index contributed by atoms with van der Waals surface area (Å²) in [7, 11) is 0. The molecule has 0 bridgehead atoms. The Bertz CT molecular complexity index is 334. The minimum absolute atomic E-state index is 0. The summed E-state index contributed by atoms with van der Waals surface area (Å²) in [6.07, 6.45) is 5.93. The second kappa shape index (κ2) is 8.32. The number of amides is 3. The van der Waals surface area contributed by atoms with Gasteiger partial charge < -0.3 is 21.3 Å². The Morgan fingerprint density at radius 1 is 1.25 bits per heavy atom. The lowest BCUT2D eigenvalue weighted by molar-refractivity contribution is -0.135. The third-order valence-corrected chi connectivity index (χ3v) is 4.04. The Hall–Kier alpha value is -1.01. The predicted octanol–water partition coefficient (Wildman–Crippen LogP) is 0.600. The Labute approximate surface area is 126 Å². The SMILES string of the molecule is Cl.NC(=O)NCC1CCCCN1C(=O)CC1CCCN1. The molecule has 4 N–H and O–H groups in total. The number of piperidine rings is 1. The first-order valence-electron chi connectivity index (χ1n) is 7.23. The van der Waals surface area contributed by atoms with Gasteiger partial charge in [0.1, 0.15) is 0 Å². The van der Waals surface area contributed by atoms with Gasteiger partial charge in [0.15, 0.2) is 0 Å². The van der Waals surface area contributed by atoms with E-state index in [1.807, 2.05) is 4.90 Å². The van der Waals surface area contributed by atoms with Gasteiger partial charge in [-0.25, -0.2) is 4.79 Å². The monoisotopic (exact) mass is 304 g/mol. The van der Waals surface area contributed by atoms with Gasteiger partial charge in [-0.2, -0.15) is 0 Å². The van der Waals surface area contributed by atoms with Crippen LogP contribution in [0, 0.1) is 0 Å². The van der Waals surface area contributed by atoms with Crippen LogP contribution >= 0.6 is 12.4 Å². The van der Waals surface area contributed by atoms with Gasteiger partial charge in [0.25, 0.3) is 0 Å². The molecule has 2 atom stereocenters. The third kappa shape index (κ3) is 4.83. The molecule has 2 aliphatic rings. The number of likely N-dealkylation sites (tertiary alicyclic amines) is 1. The van der Waals surface area contributed by atoms with Crippen LogP contribution in [0.2, 0.25) is 0 Å². The van der Waals surface area contributed by atoms with Crippen molar-refractivity contribution >= 4 is 24.3 Å². The Kier molecular flexibility index (Phi) is 7.09. The lowest BCUT2D eigenvalue weighted by Crippen LogP contribution is -2.51. The average Bonchev–Trinajstić information content (AvgIpc) is 2.89. The van der Waals surface area contributed by atoms with E-state index < -0.39 is 6.03 Å². The number of carbonyl (C=O) groups excluding carboxylic acids is 2. The predicted molar refractivity (Wildman–Crippen MR) is 79.8 cm³/mol. The Balaban J connectivity index is 0.00000200. The highest BCUT2D eigenvalue weighted by molar-refractivity contribution is 5.85. The summed E-state index contributed by atoms with van der Waals surface area (Å²) in [5, 5.41) is 5.98. The minimum Gasteiger partial charge on any atom is -0.352 e. The lowest BCUT2D eigenvalue weighted by atomic mass is 10.0. The summed E-state index contributed by atoms with van der Waals surface area (Å²) in [6, 6.07) is -0.0789. The maximum atomic E-state index is 12.4. The Morgan fingerprint density at radius 3 is 2.70 bits per heavy atom. The van der Waals surface area contributed by atoms with Gasteiger partial charge in [0, 0.05) is 31.6 Å². The van der Waals surface area contributed by atoms with Crippen LogP contribution in [-0.4, -0.2) is 48.6 Å². The fraction of sp³-hybridized carbons (Fsp3) is 0.846. The van der Waals surface area contributed by atoms with Crippen molar-refractivity contribution < 1.29 is 9.59 Å². The molecule has 0 aromatic rings. The molecule has 2 aliphatic heterocycles. The van der Waals surface area contributed by atoms with E-state index in [1.165, 1.54) is 0 Å². The number of hydrogen-bond acceptors (Lipinski definition) is 3. The lowest BCUT2D eigenvalue weighted by Gasteiger charge is -2.36. The fourth-order valence-corrected chi connectivity index (χ4v) is 3.02. The van der Waals surface area contributed by atoms with E-state index in [1.54, 1.807) is 0 Å². The van der Waals surface area contributed by atoms with E-state index in [4.69, 9.17) is 5.73 Å². The van der Waals surface area contributed by atoms with Crippen LogP contribution in [-0.2, 0) is 4.79 Å². The summed E-state index contributed by atoms with van der Waals surface area (Å²) >= 11 is 0. The van der Waals surface area contributed by atoms with E-state index in [-0.39, 0.29) is 24.4 Å². The quantitative estimate of drug-likeness (QED) is 0.711. The van der Waals surface area contributed by atoms with Crippen molar-refractivity contribution in [1.82, 2.24) is 15.5 Å². The first-order valence-corrected chi connectivity index (χ1v) is 7.23. The van der Waals surface area contributed by atoms with Crippen LogP contribution in [0.5, 0.6) is 0 Å². The van der Waals surface area contributed by atoms with Crippen molar-refractivity contribution in [3.63, 3.8) is 0 Å².